The third-order valence-corrected chi connectivity index (χ3v) is 3.35. The molecule has 0 rings (SSSR count). The van der Waals surface area contributed by atoms with Gasteiger partial charge in [0, 0.05) is 6.42 Å². The van der Waals surface area contributed by atoms with Crippen molar-refractivity contribution < 1.29 is 14.3 Å². The molecule has 9 heteroatoms. The average Bonchev–Trinajstić information content (AvgIpc) is 2.47. The Bertz CT molecular complexity index is 415. The first-order valence-corrected chi connectivity index (χ1v) is 8.40. The third kappa shape index (κ3) is 10.4. The molecule has 0 unspecified atom stereocenters. The fraction of sp³-hybridized carbons (Fsp3) is 0.800. The Balaban J connectivity index is 4.34. The van der Waals surface area contributed by atoms with E-state index >= 15 is 0 Å². The number of esters is 1. The normalized spacial score (nSPS) is 10.9. The number of carbonyl (C=O) groups excluding carboxylic acids is 2. The Kier molecular flexibility index (Phi) is 11.3. The number of rotatable bonds is 11. The van der Waals surface area contributed by atoms with Gasteiger partial charge >= 0.3 is 5.97 Å². The molecule has 0 fully saturated rings. The van der Waals surface area contributed by atoms with E-state index in [0.717, 1.165) is 30.6 Å². The topological polar surface area (TPSA) is 82.5 Å². The van der Waals surface area contributed by atoms with Gasteiger partial charge in [0.15, 0.2) is 5.96 Å². The van der Waals surface area contributed by atoms with E-state index in [-0.39, 0.29) is 18.9 Å². The highest BCUT2D eigenvalue weighted by molar-refractivity contribution is 6.59. The van der Waals surface area contributed by atoms with Crippen LogP contribution >= 0.6 is 0 Å². The van der Waals surface area contributed by atoms with Crippen molar-refractivity contribution in [2.24, 2.45) is 0 Å². The van der Waals surface area contributed by atoms with Crippen molar-refractivity contribution >= 4 is 41.4 Å². The number of hydrogen-bond donors (Lipinski definition) is 2. The van der Waals surface area contributed by atoms with Crippen LogP contribution in [-0.4, -0.2) is 64.7 Å². The number of ether oxygens (including phenoxy) is 1. The summed E-state index contributed by atoms with van der Waals surface area (Å²) in [5, 5.41) is 8.27. The molecule has 0 saturated heterocycles. The minimum atomic E-state index is -1.96. The maximum absolute atomic E-state index is 11.9. The minimum Gasteiger partial charge on any atom is -0.465 e. The summed E-state index contributed by atoms with van der Waals surface area (Å²) in [5.41, 5.74) is 0. The van der Waals surface area contributed by atoms with E-state index < -0.39 is 23.7 Å². The van der Waals surface area contributed by atoms with Crippen molar-refractivity contribution in [2.45, 2.75) is 64.0 Å². The van der Waals surface area contributed by atoms with Crippen molar-refractivity contribution in [3.05, 3.63) is 0 Å². The minimum absolute atomic E-state index is 0.178. The van der Waals surface area contributed by atoms with Crippen LogP contribution in [0.2, 0.25) is 0 Å². The van der Waals surface area contributed by atoms with Crippen LogP contribution in [0.1, 0.15) is 58.8 Å². The predicted molar refractivity (Wildman–Crippen MR) is 97.2 cm³/mol. The van der Waals surface area contributed by atoms with Gasteiger partial charge in [0.05, 0.1) is 30.1 Å². The second-order valence-electron chi connectivity index (χ2n) is 5.69. The highest BCUT2D eigenvalue weighted by Gasteiger charge is 2.26. The molecule has 0 atom stereocenters. The molecule has 0 heterocycles. The molecular weight excluding hydrogens is 303 g/mol. The first-order valence-electron chi connectivity index (χ1n) is 8.40. The second-order valence-corrected chi connectivity index (χ2v) is 5.69. The lowest BCUT2D eigenvalue weighted by molar-refractivity contribution is -0.143. The Morgan fingerprint density at radius 1 is 1.08 bits per heavy atom. The fourth-order valence-corrected chi connectivity index (χ4v) is 2.07. The van der Waals surface area contributed by atoms with Gasteiger partial charge in [-0.1, -0.05) is 44.3 Å². The quantitative estimate of drug-likeness (QED) is 0.193. The van der Waals surface area contributed by atoms with Crippen molar-refractivity contribution in [1.29, 1.82) is 5.41 Å². The first-order chi connectivity index (χ1) is 11.2. The fourth-order valence-electron chi connectivity index (χ4n) is 2.07. The monoisotopic (exact) mass is 329 g/mol. The van der Waals surface area contributed by atoms with Gasteiger partial charge in [0.1, 0.15) is 6.54 Å². The molecule has 0 aromatic heterocycles. The standard InChI is InChI=1S/C15H26B3N3O3/c1-3-5-6-7-8-9-10-12(22)20-14(19)21(15(16,17)18)11-13(23)24-4-2/h3-11H2,1-2H3,(H2,19,20,22). The van der Waals surface area contributed by atoms with Crippen LogP contribution in [0.3, 0.4) is 0 Å². The zero-order chi connectivity index (χ0) is 18.6. The Labute approximate surface area is 149 Å². The van der Waals surface area contributed by atoms with Crippen LogP contribution in [0, 0.1) is 5.41 Å². The van der Waals surface area contributed by atoms with Gasteiger partial charge in [0.25, 0.3) is 0 Å². The second kappa shape index (κ2) is 12.0. The van der Waals surface area contributed by atoms with E-state index in [1.807, 2.05) is 0 Å². The highest BCUT2D eigenvalue weighted by Crippen LogP contribution is 2.07. The lowest BCUT2D eigenvalue weighted by Crippen LogP contribution is -2.59. The summed E-state index contributed by atoms with van der Waals surface area (Å²) in [6, 6.07) is 0. The van der Waals surface area contributed by atoms with E-state index in [2.05, 4.69) is 12.2 Å². The molecule has 0 aromatic carbocycles. The summed E-state index contributed by atoms with van der Waals surface area (Å²) in [6.45, 7) is 3.55. The summed E-state index contributed by atoms with van der Waals surface area (Å²) >= 11 is 0. The molecule has 24 heavy (non-hydrogen) atoms. The number of hydrogen-bond acceptors (Lipinski definition) is 4. The van der Waals surface area contributed by atoms with E-state index in [1.54, 1.807) is 6.92 Å². The third-order valence-electron chi connectivity index (χ3n) is 3.35. The number of carbonyl (C=O) groups is 2. The zero-order valence-electron chi connectivity index (χ0n) is 14.8. The number of amides is 1. The zero-order valence-corrected chi connectivity index (χ0v) is 14.8. The first kappa shape index (κ1) is 22.6. The van der Waals surface area contributed by atoms with Gasteiger partial charge < -0.3 is 9.64 Å². The number of guanidine groups is 1. The lowest BCUT2D eigenvalue weighted by atomic mass is 9.48. The Hall–Kier alpha value is -1.40. The van der Waals surface area contributed by atoms with E-state index in [0.29, 0.717) is 0 Å². The molecule has 0 spiro atoms. The summed E-state index contributed by atoms with van der Waals surface area (Å²) in [4.78, 5) is 24.3. The van der Waals surface area contributed by atoms with Gasteiger partial charge in [-0.3, -0.25) is 20.3 Å². The summed E-state index contributed by atoms with van der Waals surface area (Å²) in [5.74, 6) is -1.40. The van der Waals surface area contributed by atoms with E-state index in [1.165, 1.54) is 12.8 Å². The molecule has 0 aliphatic rings. The van der Waals surface area contributed by atoms with E-state index in [9.17, 15) is 9.59 Å². The lowest BCUT2D eigenvalue weighted by Gasteiger charge is -2.38. The maximum Gasteiger partial charge on any atom is 0.325 e. The highest BCUT2D eigenvalue weighted by atomic mass is 16.5. The molecule has 0 aliphatic heterocycles. The van der Waals surface area contributed by atoms with Crippen molar-refractivity contribution in [1.82, 2.24) is 10.2 Å². The summed E-state index contributed by atoms with van der Waals surface area (Å²) in [7, 11) is 16.7. The van der Waals surface area contributed by atoms with Crippen LogP contribution < -0.4 is 5.32 Å². The van der Waals surface area contributed by atoms with E-state index in [4.69, 9.17) is 33.7 Å². The molecule has 0 aliphatic carbocycles. The van der Waals surface area contributed by atoms with Crippen molar-refractivity contribution in [2.75, 3.05) is 13.2 Å². The molecule has 1 amide bonds. The Morgan fingerprint density at radius 3 is 2.21 bits per heavy atom. The van der Waals surface area contributed by atoms with Crippen LogP contribution in [-0.2, 0) is 14.3 Å². The van der Waals surface area contributed by atoms with Crippen LogP contribution in [0.4, 0.5) is 0 Å². The predicted octanol–water partition coefficient (Wildman–Crippen LogP) is 0.770. The summed E-state index contributed by atoms with van der Waals surface area (Å²) in [6.07, 6.45) is 6.61. The van der Waals surface area contributed by atoms with Gasteiger partial charge in [-0.05, 0) is 13.3 Å². The smallest absolute Gasteiger partial charge is 0.325 e. The number of nitrogens with one attached hydrogen (secondary N) is 2. The van der Waals surface area contributed by atoms with Gasteiger partial charge in [-0.15, -0.1) is 0 Å². The average molecular weight is 329 g/mol. The van der Waals surface area contributed by atoms with Gasteiger partial charge in [-0.25, -0.2) is 0 Å². The molecule has 128 valence electrons. The number of unbranched alkanes of at least 4 members (excludes halogenated alkanes) is 5. The SMILES string of the molecule is [B]C([B])([B])N(CC(=O)OCC)C(=N)NC(=O)CCCCCCCC. The largest absolute Gasteiger partial charge is 0.465 e. The molecule has 0 bridgehead atoms. The van der Waals surface area contributed by atoms with Crippen LogP contribution in [0.5, 0.6) is 0 Å². The molecule has 6 nitrogen and oxygen atoms in total. The van der Waals surface area contributed by atoms with Crippen molar-refractivity contribution in [3.8, 4) is 0 Å². The summed E-state index contributed by atoms with van der Waals surface area (Å²) < 4.78 is 4.78. The van der Waals surface area contributed by atoms with Crippen molar-refractivity contribution in [3.63, 3.8) is 0 Å². The molecule has 6 radical (unpaired) electrons. The van der Waals surface area contributed by atoms with Gasteiger partial charge in [0.2, 0.25) is 5.91 Å². The molecule has 0 aromatic rings. The Morgan fingerprint density at radius 2 is 1.67 bits per heavy atom. The van der Waals surface area contributed by atoms with Crippen LogP contribution in [0.15, 0.2) is 0 Å². The molecular formula is C15H26B3N3O3. The van der Waals surface area contributed by atoms with Crippen LogP contribution in [0.25, 0.3) is 0 Å². The molecule has 2 N–H and O–H groups in total. The number of nitrogens with zero attached hydrogens (tertiary/aromatic N) is 1. The molecule has 0 saturated carbocycles. The van der Waals surface area contributed by atoms with Gasteiger partial charge in [-0.2, -0.15) is 0 Å². The maximum atomic E-state index is 11.9.